The van der Waals surface area contributed by atoms with E-state index in [1.165, 1.54) is 29.4 Å². The van der Waals surface area contributed by atoms with Gasteiger partial charge in [-0.3, -0.25) is 14.7 Å². The van der Waals surface area contributed by atoms with Crippen molar-refractivity contribution in [1.29, 1.82) is 0 Å². The molecular formula is C29H33F3N6O4. The van der Waals surface area contributed by atoms with Crippen LogP contribution in [0, 0.1) is 24.7 Å². The standard InChI is InChI=1S/C29H33F3N6O4/c1-19-6-5-9-33-25(19)15-36(3)27(39)17-37-12-22-23(13-37)24(22)14-38(28(40)41-26-16-35(2)18-34-26)11-20-7-4-8-21(10-20)42-29(30,31)32/h4-10,16,18,22-24H,11-15,17H2,1-3H3. The van der Waals surface area contributed by atoms with Crippen LogP contribution >= 0.6 is 0 Å². The van der Waals surface area contributed by atoms with Gasteiger partial charge in [-0.2, -0.15) is 0 Å². The molecule has 2 fully saturated rings. The first-order chi connectivity index (χ1) is 19.9. The van der Waals surface area contributed by atoms with Crippen LogP contribution in [0.3, 0.4) is 0 Å². The fraction of sp³-hybridized carbons (Fsp3) is 0.448. The molecule has 1 aromatic carbocycles. The van der Waals surface area contributed by atoms with Crippen molar-refractivity contribution >= 4 is 12.0 Å². The molecule has 0 spiro atoms. The number of nitrogens with zero attached hydrogens (tertiary/aromatic N) is 6. The van der Waals surface area contributed by atoms with Crippen molar-refractivity contribution in [3.8, 4) is 11.6 Å². The number of halogens is 3. The molecule has 0 N–H and O–H groups in total. The minimum absolute atomic E-state index is 0.0134. The lowest BCUT2D eigenvalue weighted by molar-refractivity contribution is -0.274. The highest BCUT2D eigenvalue weighted by Crippen LogP contribution is 2.52. The van der Waals surface area contributed by atoms with Gasteiger partial charge in [0.2, 0.25) is 11.8 Å². The number of likely N-dealkylation sites (N-methyl/N-ethyl adjacent to an activating group) is 1. The molecule has 5 rings (SSSR count). The Morgan fingerprint density at radius 1 is 1.10 bits per heavy atom. The summed E-state index contributed by atoms with van der Waals surface area (Å²) in [5.41, 5.74) is 2.37. The maximum Gasteiger partial charge on any atom is 0.573 e. The highest BCUT2D eigenvalue weighted by Gasteiger charge is 2.56. The molecule has 42 heavy (non-hydrogen) atoms. The van der Waals surface area contributed by atoms with Gasteiger partial charge >= 0.3 is 12.5 Å². The van der Waals surface area contributed by atoms with Crippen LogP contribution in [0.4, 0.5) is 18.0 Å². The largest absolute Gasteiger partial charge is 0.573 e. The zero-order valence-corrected chi connectivity index (χ0v) is 23.6. The molecule has 2 unspecified atom stereocenters. The van der Waals surface area contributed by atoms with Gasteiger partial charge in [0.15, 0.2) is 0 Å². The maximum absolute atomic E-state index is 13.2. The molecule has 2 aromatic heterocycles. The number of piperidine rings is 1. The molecule has 224 valence electrons. The summed E-state index contributed by atoms with van der Waals surface area (Å²) in [6.45, 7) is 4.59. The Kier molecular flexibility index (Phi) is 8.39. The summed E-state index contributed by atoms with van der Waals surface area (Å²) in [4.78, 5) is 39.7. The number of fused-ring (bicyclic) bond motifs is 1. The molecule has 2 amide bonds. The Bertz CT molecular complexity index is 1420. The molecule has 3 heterocycles. The van der Waals surface area contributed by atoms with Gasteiger partial charge in [-0.05, 0) is 54.0 Å². The number of rotatable bonds is 10. The molecule has 1 aliphatic carbocycles. The number of ether oxygens (including phenoxy) is 2. The van der Waals surface area contributed by atoms with Gasteiger partial charge in [-0.1, -0.05) is 18.2 Å². The predicted octanol–water partition coefficient (Wildman–Crippen LogP) is 3.86. The monoisotopic (exact) mass is 586 g/mol. The smallest absolute Gasteiger partial charge is 0.406 e. The molecule has 3 aromatic rings. The number of hydrogen-bond donors (Lipinski definition) is 0. The van der Waals surface area contributed by atoms with Crippen LogP contribution in [0.5, 0.6) is 11.6 Å². The van der Waals surface area contributed by atoms with Gasteiger partial charge in [-0.15, -0.1) is 13.2 Å². The molecule has 0 bridgehead atoms. The molecule has 2 atom stereocenters. The second-order valence-electron chi connectivity index (χ2n) is 11.0. The predicted molar refractivity (Wildman–Crippen MR) is 145 cm³/mol. The molecule has 13 heteroatoms. The number of likely N-dealkylation sites (tertiary alicyclic amines) is 1. The highest BCUT2D eigenvalue weighted by atomic mass is 19.4. The van der Waals surface area contributed by atoms with Crippen molar-refractivity contribution in [3.63, 3.8) is 0 Å². The SMILES string of the molecule is Cc1cccnc1CN(C)C(=O)CN1CC2C(C1)C2CN(Cc1cccc(OC(F)(F)F)c1)C(=O)Oc1cn(C)cn1. The van der Waals surface area contributed by atoms with Gasteiger partial charge in [0, 0.05) is 46.5 Å². The number of pyridine rings is 1. The lowest BCUT2D eigenvalue weighted by Gasteiger charge is -2.26. The number of amides is 2. The molecule has 1 saturated heterocycles. The second kappa shape index (κ2) is 12.0. The molecule has 2 aliphatic rings. The van der Waals surface area contributed by atoms with E-state index >= 15 is 0 Å². The van der Waals surface area contributed by atoms with E-state index in [0.29, 0.717) is 37.0 Å². The fourth-order valence-corrected chi connectivity index (χ4v) is 5.56. The van der Waals surface area contributed by atoms with E-state index in [0.717, 1.165) is 24.3 Å². The van der Waals surface area contributed by atoms with E-state index in [1.54, 1.807) is 42.0 Å². The summed E-state index contributed by atoms with van der Waals surface area (Å²) in [5.74, 6) is 0.602. The third kappa shape index (κ3) is 7.38. The fourth-order valence-electron chi connectivity index (χ4n) is 5.56. The van der Waals surface area contributed by atoms with E-state index in [9.17, 15) is 22.8 Å². The van der Waals surface area contributed by atoms with Crippen LogP contribution in [0.2, 0.25) is 0 Å². The van der Waals surface area contributed by atoms with Crippen molar-refractivity contribution in [1.82, 2.24) is 29.2 Å². The second-order valence-corrected chi connectivity index (χ2v) is 11.0. The van der Waals surface area contributed by atoms with Gasteiger partial charge in [-0.25, -0.2) is 9.78 Å². The lowest BCUT2D eigenvalue weighted by Crippen LogP contribution is -2.40. The van der Waals surface area contributed by atoms with Crippen LogP contribution < -0.4 is 9.47 Å². The van der Waals surface area contributed by atoms with E-state index < -0.39 is 12.5 Å². The van der Waals surface area contributed by atoms with E-state index in [4.69, 9.17) is 4.74 Å². The quantitative estimate of drug-likeness (QED) is 0.356. The molecule has 0 radical (unpaired) electrons. The summed E-state index contributed by atoms with van der Waals surface area (Å²) >= 11 is 0. The third-order valence-electron chi connectivity index (χ3n) is 7.80. The topological polar surface area (TPSA) is 93.0 Å². The number of carbonyl (C=O) groups excluding carboxylic acids is 2. The minimum Gasteiger partial charge on any atom is -0.406 e. The Hall–Kier alpha value is -4.13. The molecule has 1 aliphatic heterocycles. The average molecular weight is 587 g/mol. The first kappa shape index (κ1) is 29.4. The first-order valence-electron chi connectivity index (χ1n) is 13.6. The number of hydrogen-bond acceptors (Lipinski definition) is 7. The Morgan fingerprint density at radius 2 is 1.86 bits per heavy atom. The van der Waals surface area contributed by atoms with Crippen LogP contribution in [0.25, 0.3) is 0 Å². The Balaban J connectivity index is 1.18. The van der Waals surface area contributed by atoms with E-state index in [2.05, 4.69) is 19.6 Å². The van der Waals surface area contributed by atoms with Gasteiger partial charge in [0.1, 0.15) is 5.75 Å². The maximum atomic E-state index is 13.2. The number of benzene rings is 1. The summed E-state index contributed by atoms with van der Waals surface area (Å²) in [7, 11) is 3.52. The van der Waals surface area contributed by atoms with Crippen LogP contribution in [-0.4, -0.2) is 80.8 Å². The van der Waals surface area contributed by atoms with Crippen molar-refractivity contribution < 1.29 is 32.2 Å². The summed E-state index contributed by atoms with van der Waals surface area (Å²) in [6.07, 6.45) is -0.681. The first-order valence-corrected chi connectivity index (χ1v) is 13.6. The van der Waals surface area contributed by atoms with Gasteiger partial charge < -0.3 is 23.8 Å². The summed E-state index contributed by atoms with van der Waals surface area (Å²) in [6, 6.07) is 9.39. The zero-order chi connectivity index (χ0) is 30.0. The van der Waals surface area contributed by atoms with Crippen LogP contribution in [0.1, 0.15) is 16.8 Å². The van der Waals surface area contributed by atoms with Gasteiger partial charge in [0.25, 0.3) is 0 Å². The number of aryl methyl sites for hydroxylation is 2. The Morgan fingerprint density at radius 3 is 2.52 bits per heavy atom. The molecular weight excluding hydrogens is 553 g/mol. The van der Waals surface area contributed by atoms with Gasteiger partial charge in [0.05, 0.1) is 31.3 Å². The van der Waals surface area contributed by atoms with Crippen molar-refractivity contribution in [2.75, 3.05) is 33.2 Å². The van der Waals surface area contributed by atoms with Crippen LogP contribution in [-0.2, 0) is 24.9 Å². The van der Waals surface area contributed by atoms with Crippen molar-refractivity contribution in [3.05, 3.63) is 71.9 Å². The zero-order valence-electron chi connectivity index (χ0n) is 23.6. The highest BCUT2D eigenvalue weighted by molar-refractivity contribution is 5.78. The number of alkyl halides is 3. The average Bonchev–Trinajstić information content (AvgIpc) is 3.20. The molecule has 10 nitrogen and oxygen atoms in total. The normalized spacial score (nSPS) is 19.7. The van der Waals surface area contributed by atoms with Crippen LogP contribution in [0.15, 0.2) is 55.1 Å². The number of aromatic nitrogens is 3. The van der Waals surface area contributed by atoms with E-state index in [-0.39, 0.29) is 30.0 Å². The molecule has 1 saturated carbocycles. The lowest BCUT2D eigenvalue weighted by atomic mass is 10.2. The number of imidazole rings is 1. The Labute approximate surface area is 241 Å². The minimum atomic E-state index is -4.82. The third-order valence-corrected chi connectivity index (χ3v) is 7.80. The van der Waals surface area contributed by atoms with E-state index in [1.807, 2.05) is 19.1 Å². The number of carbonyl (C=O) groups is 2. The van der Waals surface area contributed by atoms with Crippen molar-refractivity contribution in [2.24, 2.45) is 24.8 Å². The summed E-state index contributed by atoms with van der Waals surface area (Å²) < 4.78 is 49.4. The van der Waals surface area contributed by atoms with Crippen molar-refractivity contribution in [2.45, 2.75) is 26.4 Å². The summed E-state index contributed by atoms with van der Waals surface area (Å²) in [5, 5.41) is 0.